The van der Waals surface area contributed by atoms with Crippen molar-refractivity contribution in [3.63, 3.8) is 0 Å². The molecule has 0 aliphatic carbocycles. The number of hydrogen-bond donors (Lipinski definition) is 0. The van der Waals surface area contributed by atoms with Gasteiger partial charge in [0, 0.05) is 5.56 Å². The first kappa shape index (κ1) is 14.9. The molecule has 0 heterocycles. The van der Waals surface area contributed by atoms with Crippen molar-refractivity contribution in [1.82, 2.24) is 0 Å². The van der Waals surface area contributed by atoms with Crippen LogP contribution in [0.5, 0.6) is 0 Å². The Bertz CT molecular complexity index is 530. The average molecular weight is 268 g/mol. The Kier molecular flexibility index (Phi) is 4.68. The summed E-state index contributed by atoms with van der Waals surface area (Å²) in [4.78, 5) is 12.0. The van der Waals surface area contributed by atoms with Crippen LogP contribution >= 0.6 is 0 Å². The van der Waals surface area contributed by atoms with E-state index in [1.807, 2.05) is 32.9 Å². The maximum Gasteiger partial charge on any atom is 0.178 e. The minimum atomic E-state index is -3.37. The van der Waals surface area contributed by atoms with Crippen LogP contribution in [-0.2, 0) is 9.84 Å². The van der Waals surface area contributed by atoms with Crippen molar-refractivity contribution in [3.05, 3.63) is 35.4 Å². The molecule has 18 heavy (non-hydrogen) atoms. The van der Waals surface area contributed by atoms with Crippen LogP contribution in [0.3, 0.4) is 0 Å². The van der Waals surface area contributed by atoms with Gasteiger partial charge in [0.1, 0.15) is 5.75 Å². The van der Waals surface area contributed by atoms with Crippen LogP contribution in [0.4, 0.5) is 0 Å². The number of hydrogen-bond acceptors (Lipinski definition) is 3. The lowest BCUT2D eigenvalue weighted by Crippen LogP contribution is -2.29. The Hall–Kier alpha value is -1.16. The first-order valence-corrected chi connectivity index (χ1v) is 7.77. The van der Waals surface area contributed by atoms with E-state index in [2.05, 4.69) is 0 Å². The molecular weight excluding hydrogens is 248 g/mol. The second kappa shape index (κ2) is 5.65. The summed E-state index contributed by atoms with van der Waals surface area (Å²) < 4.78 is 24.1. The van der Waals surface area contributed by atoms with Gasteiger partial charge < -0.3 is 0 Å². The summed E-state index contributed by atoms with van der Waals surface area (Å²) in [6.07, 6.45) is 0. The van der Waals surface area contributed by atoms with E-state index in [0.29, 0.717) is 5.56 Å². The Morgan fingerprint density at radius 1 is 1.17 bits per heavy atom. The topological polar surface area (TPSA) is 51.2 Å². The molecule has 0 aliphatic rings. The summed E-state index contributed by atoms with van der Waals surface area (Å²) in [6.45, 7) is 7.16. The smallest absolute Gasteiger partial charge is 0.178 e. The van der Waals surface area contributed by atoms with E-state index in [9.17, 15) is 13.2 Å². The van der Waals surface area contributed by atoms with Gasteiger partial charge >= 0.3 is 0 Å². The molecule has 4 heteroatoms. The van der Waals surface area contributed by atoms with Crippen molar-refractivity contribution in [2.45, 2.75) is 32.9 Å². The first-order chi connectivity index (χ1) is 8.25. The third kappa shape index (κ3) is 3.42. The molecule has 0 amide bonds. The van der Waals surface area contributed by atoms with Crippen LogP contribution in [0, 0.1) is 12.8 Å². The fourth-order valence-corrected chi connectivity index (χ4v) is 3.31. The second-order valence-corrected chi connectivity index (χ2v) is 7.35. The SMILES string of the molecule is Cc1ccccc1C(=O)CS(=O)(=O)C(C)C(C)C. The lowest BCUT2D eigenvalue weighted by molar-refractivity contribution is 0.102. The van der Waals surface area contributed by atoms with Gasteiger partial charge in [0.05, 0.1) is 5.25 Å². The van der Waals surface area contributed by atoms with Crippen LogP contribution in [0.15, 0.2) is 24.3 Å². The Balaban J connectivity index is 2.93. The zero-order valence-electron chi connectivity index (χ0n) is 11.3. The summed E-state index contributed by atoms with van der Waals surface area (Å²) in [5.74, 6) is -0.711. The maximum atomic E-state index is 12.0. The molecule has 0 N–H and O–H groups in total. The van der Waals surface area contributed by atoms with Crippen molar-refractivity contribution in [2.24, 2.45) is 5.92 Å². The molecule has 0 aliphatic heterocycles. The van der Waals surface area contributed by atoms with Crippen LogP contribution in [0.1, 0.15) is 36.7 Å². The monoisotopic (exact) mass is 268 g/mol. The van der Waals surface area contributed by atoms with Crippen molar-refractivity contribution in [1.29, 1.82) is 0 Å². The highest BCUT2D eigenvalue weighted by Crippen LogP contribution is 2.15. The number of carbonyl (C=O) groups is 1. The molecule has 0 radical (unpaired) electrons. The molecule has 0 spiro atoms. The van der Waals surface area contributed by atoms with E-state index < -0.39 is 20.8 Å². The lowest BCUT2D eigenvalue weighted by atomic mass is 10.1. The van der Waals surface area contributed by atoms with E-state index in [-0.39, 0.29) is 11.7 Å². The van der Waals surface area contributed by atoms with E-state index in [0.717, 1.165) is 5.56 Å². The number of carbonyl (C=O) groups excluding carboxylic acids is 1. The van der Waals surface area contributed by atoms with Gasteiger partial charge in [0.25, 0.3) is 0 Å². The summed E-state index contributed by atoms with van der Waals surface area (Å²) in [6, 6.07) is 7.06. The van der Waals surface area contributed by atoms with E-state index in [1.165, 1.54) is 0 Å². The summed E-state index contributed by atoms with van der Waals surface area (Å²) in [7, 11) is -3.37. The average Bonchev–Trinajstić information content (AvgIpc) is 2.27. The van der Waals surface area contributed by atoms with Gasteiger partial charge in [-0.1, -0.05) is 38.1 Å². The number of rotatable bonds is 5. The minimum absolute atomic E-state index is 0.0136. The zero-order valence-corrected chi connectivity index (χ0v) is 12.1. The second-order valence-electron chi connectivity index (χ2n) is 4.99. The number of benzene rings is 1. The molecule has 1 atom stereocenters. The highest BCUT2D eigenvalue weighted by molar-refractivity contribution is 7.92. The molecule has 0 aromatic heterocycles. The highest BCUT2D eigenvalue weighted by Gasteiger charge is 2.27. The van der Waals surface area contributed by atoms with Crippen molar-refractivity contribution < 1.29 is 13.2 Å². The molecule has 0 fully saturated rings. The molecule has 100 valence electrons. The van der Waals surface area contributed by atoms with Gasteiger partial charge in [0.15, 0.2) is 15.6 Å². The van der Waals surface area contributed by atoms with Crippen LogP contribution in [0.2, 0.25) is 0 Å². The zero-order chi connectivity index (χ0) is 13.9. The molecule has 3 nitrogen and oxygen atoms in total. The van der Waals surface area contributed by atoms with E-state index >= 15 is 0 Å². The number of Topliss-reactive ketones (excluding diaryl/α,β-unsaturated/α-hetero) is 1. The molecule has 0 saturated heterocycles. The number of sulfone groups is 1. The van der Waals surface area contributed by atoms with Gasteiger partial charge in [0.2, 0.25) is 0 Å². The predicted molar refractivity (Wildman–Crippen MR) is 73.6 cm³/mol. The quantitative estimate of drug-likeness (QED) is 0.771. The summed E-state index contributed by atoms with van der Waals surface area (Å²) in [5, 5.41) is -0.495. The Morgan fingerprint density at radius 3 is 2.22 bits per heavy atom. The van der Waals surface area contributed by atoms with Crippen molar-refractivity contribution >= 4 is 15.6 Å². The van der Waals surface area contributed by atoms with Gasteiger partial charge in [-0.15, -0.1) is 0 Å². The van der Waals surface area contributed by atoms with Crippen molar-refractivity contribution in [2.75, 3.05) is 5.75 Å². The lowest BCUT2D eigenvalue weighted by Gasteiger charge is -2.16. The van der Waals surface area contributed by atoms with Crippen LogP contribution in [0.25, 0.3) is 0 Å². The predicted octanol–water partition coefficient (Wildman–Crippen LogP) is 2.64. The fourth-order valence-electron chi connectivity index (χ4n) is 1.69. The van der Waals surface area contributed by atoms with Gasteiger partial charge in [-0.3, -0.25) is 4.79 Å². The summed E-state index contributed by atoms with van der Waals surface area (Å²) in [5.41, 5.74) is 1.31. The molecule has 0 saturated carbocycles. The van der Waals surface area contributed by atoms with Gasteiger partial charge in [-0.2, -0.15) is 0 Å². The minimum Gasteiger partial charge on any atom is -0.293 e. The van der Waals surface area contributed by atoms with Gasteiger partial charge in [-0.25, -0.2) is 8.42 Å². The molecule has 1 aromatic rings. The van der Waals surface area contributed by atoms with Gasteiger partial charge in [-0.05, 0) is 25.3 Å². The van der Waals surface area contributed by atoms with E-state index in [4.69, 9.17) is 0 Å². The third-order valence-electron chi connectivity index (χ3n) is 3.28. The molecule has 1 unspecified atom stereocenters. The molecule has 1 aromatic carbocycles. The largest absolute Gasteiger partial charge is 0.293 e. The summed E-state index contributed by atoms with van der Waals surface area (Å²) >= 11 is 0. The maximum absolute atomic E-state index is 12.0. The number of aryl methyl sites for hydroxylation is 1. The molecular formula is C14H20O3S. The molecule has 0 bridgehead atoms. The first-order valence-electron chi connectivity index (χ1n) is 6.06. The Labute approximate surface area is 109 Å². The Morgan fingerprint density at radius 2 is 1.72 bits per heavy atom. The van der Waals surface area contributed by atoms with E-state index in [1.54, 1.807) is 19.1 Å². The molecule has 1 rings (SSSR count). The fraction of sp³-hybridized carbons (Fsp3) is 0.500. The van der Waals surface area contributed by atoms with Crippen LogP contribution < -0.4 is 0 Å². The third-order valence-corrected chi connectivity index (χ3v) is 5.62. The normalized spacial score (nSPS) is 13.6. The van der Waals surface area contributed by atoms with Crippen molar-refractivity contribution in [3.8, 4) is 0 Å². The standard InChI is InChI=1S/C14H20O3S/c1-10(2)12(4)18(16,17)9-14(15)13-8-6-5-7-11(13)3/h5-8,10,12H,9H2,1-4H3. The number of ketones is 1. The highest BCUT2D eigenvalue weighted by atomic mass is 32.2. The van der Waals surface area contributed by atoms with Crippen LogP contribution in [-0.4, -0.2) is 25.2 Å².